The maximum absolute atomic E-state index is 10.00. The maximum atomic E-state index is 10.00. The Kier molecular flexibility index (Phi) is 3.38. The summed E-state index contributed by atoms with van der Waals surface area (Å²) in [6.45, 7) is 3.89. The van der Waals surface area contributed by atoms with E-state index in [0.29, 0.717) is 21.3 Å². The molecule has 7 nitrogen and oxygen atoms in total. The zero-order chi connectivity index (χ0) is 14.4. The average Bonchev–Trinajstić information content (AvgIpc) is 2.91. The second-order valence-corrected chi connectivity index (χ2v) is 5.90. The lowest BCUT2D eigenvalue weighted by Gasteiger charge is -2.15. The third kappa shape index (κ3) is 1.98. The molecule has 1 aliphatic rings. The van der Waals surface area contributed by atoms with Crippen LogP contribution < -0.4 is 5.73 Å². The van der Waals surface area contributed by atoms with Crippen molar-refractivity contribution in [3.05, 3.63) is 22.2 Å². The van der Waals surface area contributed by atoms with Gasteiger partial charge in [0.2, 0.25) is 5.95 Å². The molecular weight excluding hydrogens is 373 g/mol. The number of hydrogen-bond acceptors (Lipinski definition) is 6. The van der Waals surface area contributed by atoms with Crippen molar-refractivity contribution in [1.82, 2.24) is 19.5 Å². The van der Waals surface area contributed by atoms with E-state index in [9.17, 15) is 10.2 Å². The molecule has 0 saturated heterocycles. The quantitative estimate of drug-likeness (QED) is 0.393. The molecule has 0 aliphatic heterocycles. The lowest BCUT2D eigenvalue weighted by Crippen LogP contribution is -2.17. The highest BCUT2D eigenvalue weighted by atomic mass is 127. The second kappa shape index (κ2) is 4.93. The molecule has 20 heavy (non-hydrogen) atoms. The highest BCUT2D eigenvalue weighted by Crippen LogP contribution is 2.40. The molecule has 106 valence electrons. The van der Waals surface area contributed by atoms with E-state index in [1.54, 1.807) is 6.33 Å². The lowest BCUT2D eigenvalue weighted by atomic mass is 10.0. The van der Waals surface area contributed by atoms with Gasteiger partial charge in [-0.2, -0.15) is 4.98 Å². The van der Waals surface area contributed by atoms with E-state index in [2.05, 4.69) is 44.1 Å². The van der Waals surface area contributed by atoms with Crippen LogP contribution in [-0.4, -0.2) is 42.4 Å². The summed E-state index contributed by atoms with van der Waals surface area (Å²) >= 11 is 2.06. The highest BCUT2D eigenvalue weighted by molar-refractivity contribution is 14.1. The zero-order valence-electron chi connectivity index (χ0n) is 10.6. The van der Waals surface area contributed by atoms with E-state index >= 15 is 0 Å². The molecule has 8 heteroatoms. The van der Waals surface area contributed by atoms with Gasteiger partial charge in [-0.25, -0.2) is 9.97 Å². The van der Waals surface area contributed by atoms with E-state index in [-0.39, 0.29) is 24.5 Å². The maximum Gasteiger partial charge on any atom is 0.223 e. The van der Waals surface area contributed by atoms with Crippen molar-refractivity contribution in [2.75, 3.05) is 12.3 Å². The Bertz CT molecular complexity index is 686. The third-order valence-corrected chi connectivity index (χ3v) is 4.51. The van der Waals surface area contributed by atoms with E-state index in [1.807, 2.05) is 4.57 Å². The van der Waals surface area contributed by atoms with Crippen LogP contribution >= 0.6 is 22.6 Å². The third-order valence-electron chi connectivity index (χ3n) is 3.76. The molecule has 0 bridgehead atoms. The summed E-state index contributed by atoms with van der Waals surface area (Å²) in [4.78, 5) is 12.6. The Balaban J connectivity index is 2.10. The van der Waals surface area contributed by atoms with Crippen LogP contribution in [0.1, 0.15) is 12.5 Å². The van der Waals surface area contributed by atoms with Crippen LogP contribution in [0.15, 0.2) is 18.5 Å². The summed E-state index contributed by atoms with van der Waals surface area (Å²) in [6.07, 6.45) is 1.53. The van der Waals surface area contributed by atoms with Gasteiger partial charge in [-0.05, 0) is 34.6 Å². The second-order valence-electron chi connectivity index (χ2n) is 4.88. The van der Waals surface area contributed by atoms with Crippen LogP contribution in [0.4, 0.5) is 5.95 Å². The summed E-state index contributed by atoms with van der Waals surface area (Å²) in [5, 5.41) is 19.3. The van der Waals surface area contributed by atoms with Gasteiger partial charge in [0.25, 0.3) is 0 Å². The van der Waals surface area contributed by atoms with Crippen LogP contribution in [0.25, 0.3) is 11.2 Å². The Morgan fingerprint density at radius 3 is 2.90 bits per heavy atom. The summed E-state index contributed by atoms with van der Waals surface area (Å²) < 4.78 is 2.53. The van der Waals surface area contributed by atoms with Gasteiger partial charge in [-0.1, -0.05) is 6.58 Å². The predicted molar refractivity (Wildman–Crippen MR) is 81.8 cm³/mol. The highest BCUT2D eigenvalue weighted by Gasteiger charge is 2.37. The lowest BCUT2D eigenvalue weighted by molar-refractivity contribution is 0.101. The van der Waals surface area contributed by atoms with Crippen LogP contribution in [0.3, 0.4) is 0 Å². The first-order valence-corrected chi connectivity index (χ1v) is 7.24. The fraction of sp³-hybridized carbons (Fsp3) is 0.417. The Labute approximate surface area is 128 Å². The topological polar surface area (TPSA) is 110 Å². The molecule has 0 spiro atoms. The van der Waals surface area contributed by atoms with Crippen LogP contribution in [-0.2, 0) is 0 Å². The number of aliphatic hydroxyl groups excluding tert-OH is 2. The zero-order valence-corrected chi connectivity index (χ0v) is 12.7. The van der Waals surface area contributed by atoms with E-state index in [0.717, 1.165) is 5.57 Å². The van der Waals surface area contributed by atoms with E-state index in [1.165, 1.54) is 0 Å². The van der Waals surface area contributed by atoms with Crippen molar-refractivity contribution in [3.8, 4) is 0 Å². The molecule has 1 saturated carbocycles. The number of anilines is 1. The number of halogens is 1. The number of nitrogens with zero attached hydrogens (tertiary/aromatic N) is 4. The van der Waals surface area contributed by atoms with Crippen molar-refractivity contribution in [2.45, 2.75) is 18.6 Å². The molecule has 0 unspecified atom stereocenters. The van der Waals surface area contributed by atoms with Crippen molar-refractivity contribution >= 4 is 39.7 Å². The number of rotatable bonds is 2. The molecule has 0 aromatic carbocycles. The molecule has 2 aromatic heterocycles. The smallest absolute Gasteiger partial charge is 0.223 e. The summed E-state index contributed by atoms with van der Waals surface area (Å²) in [6, 6.07) is -0.141. The van der Waals surface area contributed by atoms with Crippen molar-refractivity contribution in [3.63, 3.8) is 0 Å². The van der Waals surface area contributed by atoms with Gasteiger partial charge in [0.15, 0.2) is 5.65 Å². The molecule has 1 aliphatic carbocycles. The number of fused-ring (bicyclic) bond motifs is 1. The first-order chi connectivity index (χ1) is 9.52. The van der Waals surface area contributed by atoms with Gasteiger partial charge >= 0.3 is 0 Å². The van der Waals surface area contributed by atoms with E-state index < -0.39 is 6.10 Å². The van der Waals surface area contributed by atoms with Gasteiger partial charge in [0, 0.05) is 5.92 Å². The number of nitrogens with two attached hydrogens (primary N) is 1. The normalized spacial score (nSPS) is 26.6. The van der Waals surface area contributed by atoms with Gasteiger partial charge in [0.05, 0.1) is 25.1 Å². The minimum Gasteiger partial charge on any atom is -0.396 e. The van der Waals surface area contributed by atoms with Crippen LogP contribution in [0, 0.1) is 9.62 Å². The summed E-state index contributed by atoms with van der Waals surface area (Å²) in [5.41, 5.74) is 7.77. The minimum atomic E-state index is -0.604. The molecule has 3 rings (SSSR count). The Morgan fingerprint density at radius 2 is 2.25 bits per heavy atom. The number of nitrogen functional groups attached to an aromatic ring is 1. The average molecular weight is 387 g/mol. The molecule has 3 atom stereocenters. The standard InChI is InChI=1S/C12H14IN5O2/c1-5-6(3-19)8(20)2-7(5)18-4-15-9-10(13)16-12(14)17-11(9)18/h4,6-8,19-20H,1-3H2,(H2,14,16,17)/t6-,7-,8-/m0/s1. The fourth-order valence-corrected chi connectivity index (χ4v) is 3.32. The summed E-state index contributed by atoms with van der Waals surface area (Å²) in [5.74, 6) is -0.123. The molecular formula is C12H14IN5O2. The minimum absolute atomic E-state index is 0.113. The number of imidazole rings is 1. The molecule has 2 heterocycles. The van der Waals surface area contributed by atoms with Crippen molar-refractivity contribution in [2.24, 2.45) is 5.92 Å². The SMILES string of the molecule is C=C1[C@H](CO)[C@@H](O)C[C@@H]1n1cnc2c(I)nc(N)nc21. The first kappa shape index (κ1) is 13.7. The Hall–Kier alpha value is -1.26. The monoisotopic (exact) mass is 387 g/mol. The molecule has 2 aromatic rings. The molecule has 0 radical (unpaired) electrons. The molecule has 4 N–H and O–H groups in total. The number of aromatic nitrogens is 4. The van der Waals surface area contributed by atoms with Gasteiger partial charge in [0.1, 0.15) is 9.22 Å². The van der Waals surface area contributed by atoms with Gasteiger partial charge in [-0.15, -0.1) is 0 Å². The first-order valence-electron chi connectivity index (χ1n) is 6.16. The van der Waals surface area contributed by atoms with Crippen LogP contribution in [0.2, 0.25) is 0 Å². The predicted octanol–water partition coefficient (Wildman–Crippen LogP) is 0.483. The summed E-state index contributed by atoms with van der Waals surface area (Å²) in [7, 11) is 0. The largest absolute Gasteiger partial charge is 0.396 e. The van der Waals surface area contributed by atoms with Crippen LogP contribution in [0.5, 0.6) is 0 Å². The number of hydrogen-bond donors (Lipinski definition) is 3. The fourth-order valence-electron chi connectivity index (χ4n) is 2.70. The van der Waals surface area contributed by atoms with Gasteiger partial charge < -0.3 is 20.5 Å². The number of aliphatic hydroxyl groups is 2. The van der Waals surface area contributed by atoms with Crippen molar-refractivity contribution < 1.29 is 10.2 Å². The van der Waals surface area contributed by atoms with Gasteiger partial charge in [-0.3, -0.25) is 0 Å². The Morgan fingerprint density at radius 1 is 1.50 bits per heavy atom. The van der Waals surface area contributed by atoms with Crippen molar-refractivity contribution in [1.29, 1.82) is 0 Å². The molecule has 0 amide bonds. The molecule has 1 fully saturated rings. The van der Waals surface area contributed by atoms with E-state index in [4.69, 9.17) is 5.73 Å².